The zero-order chi connectivity index (χ0) is 21.8. The first-order valence-corrected chi connectivity index (χ1v) is 10.9. The fourth-order valence-corrected chi connectivity index (χ4v) is 4.47. The number of hydrogen-bond acceptors (Lipinski definition) is 5. The summed E-state index contributed by atoms with van der Waals surface area (Å²) in [5.41, 5.74) is 2.23. The van der Waals surface area contributed by atoms with Gasteiger partial charge in [-0.2, -0.15) is 4.98 Å². The van der Waals surface area contributed by atoms with Gasteiger partial charge >= 0.3 is 5.69 Å². The van der Waals surface area contributed by atoms with Crippen LogP contribution < -0.4 is 11.0 Å². The van der Waals surface area contributed by atoms with Crippen molar-refractivity contribution in [1.82, 2.24) is 14.5 Å². The number of pyridine rings is 1. The van der Waals surface area contributed by atoms with Gasteiger partial charge in [0.15, 0.2) is 0 Å². The van der Waals surface area contributed by atoms with E-state index in [0.717, 1.165) is 60.5 Å². The maximum Gasteiger partial charge on any atom is 0.349 e. The Bertz CT molecular complexity index is 1170. The second kappa shape index (κ2) is 9.38. The van der Waals surface area contributed by atoms with Crippen LogP contribution in [-0.4, -0.2) is 26.2 Å². The Balaban J connectivity index is 1.53. The number of amides is 1. The van der Waals surface area contributed by atoms with Crippen LogP contribution in [0.5, 0.6) is 0 Å². The van der Waals surface area contributed by atoms with Crippen LogP contribution in [0.25, 0.3) is 0 Å². The number of carbonyl (C=O) groups is 1. The molecule has 0 unspecified atom stereocenters. The van der Waals surface area contributed by atoms with Crippen molar-refractivity contribution in [2.75, 3.05) is 11.1 Å². The van der Waals surface area contributed by atoms with Crippen molar-refractivity contribution in [1.29, 1.82) is 0 Å². The number of fused-ring (bicyclic) bond motifs is 1. The molecule has 31 heavy (non-hydrogen) atoms. The van der Waals surface area contributed by atoms with Crippen LogP contribution in [0, 0.1) is 11.6 Å². The van der Waals surface area contributed by atoms with Crippen molar-refractivity contribution in [3.63, 3.8) is 0 Å². The number of nitrogens with one attached hydrogen (secondary N) is 1. The van der Waals surface area contributed by atoms with Crippen LogP contribution in [0.1, 0.15) is 29.8 Å². The summed E-state index contributed by atoms with van der Waals surface area (Å²) in [6.07, 6.45) is 5.19. The van der Waals surface area contributed by atoms with Crippen molar-refractivity contribution in [3.05, 3.63) is 81.7 Å². The number of anilines is 1. The summed E-state index contributed by atoms with van der Waals surface area (Å²) in [5.74, 6) is -2.06. The first-order chi connectivity index (χ1) is 15.0. The van der Waals surface area contributed by atoms with Gasteiger partial charge < -0.3 is 5.32 Å². The van der Waals surface area contributed by atoms with E-state index in [-0.39, 0.29) is 17.1 Å². The molecule has 0 bridgehead atoms. The smallest absolute Gasteiger partial charge is 0.323 e. The molecule has 4 rings (SSSR count). The lowest BCUT2D eigenvalue weighted by molar-refractivity contribution is -0.113. The minimum Gasteiger partial charge on any atom is -0.323 e. The maximum absolute atomic E-state index is 13.8. The Morgan fingerprint density at radius 1 is 1.16 bits per heavy atom. The number of halogens is 2. The largest absolute Gasteiger partial charge is 0.349 e. The van der Waals surface area contributed by atoms with Crippen molar-refractivity contribution in [2.24, 2.45) is 0 Å². The highest BCUT2D eigenvalue weighted by Gasteiger charge is 2.21. The summed E-state index contributed by atoms with van der Waals surface area (Å²) in [4.78, 5) is 33.6. The molecule has 1 amide bonds. The zero-order valence-electron chi connectivity index (χ0n) is 16.6. The molecular weight excluding hydrogens is 422 g/mol. The summed E-state index contributed by atoms with van der Waals surface area (Å²) >= 11 is 1.15. The summed E-state index contributed by atoms with van der Waals surface area (Å²) < 4.78 is 28.4. The minimum absolute atomic E-state index is 0.0417. The summed E-state index contributed by atoms with van der Waals surface area (Å²) in [6.45, 7) is 0.351. The molecule has 1 aromatic carbocycles. The topological polar surface area (TPSA) is 76.9 Å². The normalized spacial score (nSPS) is 13.0. The molecule has 0 atom stereocenters. The van der Waals surface area contributed by atoms with E-state index in [1.807, 2.05) is 18.2 Å². The van der Waals surface area contributed by atoms with E-state index in [2.05, 4.69) is 15.3 Å². The lowest BCUT2D eigenvalue weighted by atomic mass is 9.97. The van der Waals surface area contributed by atoms with E-state index in [0.29, 0.717) is 17.6 Å². The molecule has 2 aromatic heterocycles. The third-order valence-corrected chi connectivity index (χ3v) is 6.06. The third kappa shape index (κ3) is 4.99. The van der Waals surface area contributed by atoms with Crippen LogP contribution in [0.15, 0.2) is 52.4 Å². The first-order valence-electron chi connectivity index (χ1n) is 9.91. The standard InChI is InChI=1S/C22H20F2N4O2S/c23-14-8-9-18(17(24)11-14)26-20(29)13-31-21-16-6-1-2-7-19(16)28(22(30)27-21)12-15-5-3-4-10-25-15/h3-5,8-11H,1-2,6-7,12-13H2,(H,26,29). The van der Waals surface area contributed by atoms with Gasteiger partial charge in [-0.3, -0.25) is 14.3 Å². The van der Waals surface area contributed by atoms with Gasteiger partial charge in [0.25, 0.3) is 0 Å². The highest BCUT2D eigenvalue weighted by molar-refractivity contribution is 8.00. The average molecular weight is 442 g/mol. The lowest BCUT2D eigenvalue weighted by Gasteiger charge is -2.22. The van der Waals surface area contributed by atoms with Crippen molar-refractivity contribution < 1.29 is 13.6 Å². The predicted octanol–water partition coefficient (Wildman–Crippen LogP) is 3.57. The zero-order valence-corrected chi connectivity index (χ0v) is 17.4. The van der Waals surface area contributed by atoms with E-state index < -0.39 is 17.5 Å². The van der Waals surface area contributed by atoms with E-state index in [9.17, 15) is 18.4 Å². The van der Waals surface area contributed by atoms with Gasteiger partial charge in [-0.25, -0.2) is 13.6 Å². The molecule has 2 heterocycles. The SMILES string of the molecule is O=C(CSc1nc(=O)n(Cc2ccccn2)c2c1CCCC2)Nc1ccc(F)cc1F. The molecule has 1 N–H and O–H groups in total. The molecule has 1 aliphatic carbocycles. The average Bonchev–Trinajstić information content (AvgIpc) is 2.77. The lowest BCUT2D eigenvalue weighted by Crippen LogP contribution is -2.31. The van der Waals surface area contributed by atoms with Crippen LogP contribution in [0.3, 0.4) is 0 Å². The van der Waals surface area contributed by atoms with Crippen LogP contribution in [0.4, 0.5) is 14.5 Å². The summed E-state index contributed by atoms with van der Waals surface area (Å²) in [5, 5.41) is 2.96. The van der Waals surface area contributed by atoms with Crippen LogP contribution in [-0.2, 0) is 24.2 Å². The third-order valence-electron chi connectivity index (χ3n) is 5.04. The molecule has 160 valence electrons. The van der Waals surface area contributed by atoms with Gasteiger partial charge in [-0.05, 0) is 49.9 Å². The Morgan fingerprint density at radius 3 is 2.77 bits per heavy atom. The molecule has 6 nitrogen and oxygen atoms in total. The van der Waals surface area contributed by atoms with E-state index in [4.69, 9.17) is 0 Å². The van der Waals surface area contributed by atoms with Crippen LogP contribution in [0.2, 0.25) is 0 Å². The molecule has 0 aliphatic heterocycles. The Morgan fingerprint density at radius 2 is 2.00 bits per heavy atom. The Hall–Kier alpha value is -3.07. The molecule has 0 saturated heterocycles. The monoisotopic (exact) mass is 442 g/mol. The number of hydrogen-bond donors (Lipinski definition) is 1. The maximum atomic E-state index is 13.8. The van der Waals surface area contributed by atoms with E-state index in [1.165, 1.54) is 6.07 Å². The van der Waals surface area contributed by atoms with Gasteiger partial charge in [0.2, 0.25) is 5.91 Å². The second-order valence-corrected chi connectivity index (χ2v) is 8.16. The fraction of sp³-hybridized carbons (Fsp3) is 0.273. The fourth-order valence-electron chi connectivity index (χ4n) is 3.59. The highest BCUT2D eigenvalue weighted by Crippen LogP contribution is 2.29. The molecule has 0 spiro atoms. The second-order valence-electron chi connectivity index (χ2n) is 7.20. The van der Waals surface area contributed by atoms with Crippen molar-refractivity contribution in [2.45, 2.75) is 37.3 Å². The molecule has 9 heteroatoms. The predicted molar refractivity (Wildman–Crippen MR) is 114 cm³/mol. The van der Waals surface area contributed by atoms with Crippen molar-refractivity contribution >= 4 is 23.4 Å². The molecule has 0 radical (unpaired) electrons. The number of aromatic nitrogens is 3. The summed E-state index contributed by atoms with van der Waals surface area (Å²) in [6, 6.07) is 8.52. The molecule has 0 saturated carbocycles. The number of rotatable bonds is 6. The van der Waals surface area contributed by atoms with Crippen molar-refractivity contribution in [3.8, 4) is 0 Å². The number of thioether (sulfide) groups is 1. The highest BCUT2D eigenvalue weighted by atomic mass is 32.2. The quantitative estimate of drug-likeness (QED) is 0.467. The van der Waals surface area contributed by atoms with Gasteiger partial charge in [-0.1, -0.05) is 17.8 Å². The van der Waals surface area contributed by atoms with Gasteiger partial charge in [-0.15, -0.1) is 0 Å². The number of nitrogens with zero attached hydrogens (tertiary/aromatic N) is 3. The minimum atomic E-state index is -0.842. The first kappa shape index (κ1) is 21.2. The Kier molecular flexibility index (Phi) is 6.41. The van der Waals surface area contributed by atoms with E-state index in [1.54, 1.807) is 10.8 Å². The number of benzene rings is 1. The molecular formula is C22H20F2N4O2S. The summed E-state index contributed by atoms with van der Waals surface area (Å²) in [7, 11) is 0. The van der Waals surface area contributed by atoms with Gasteiger partial charge in [0.1, 0.15) is 16.7 Å². The van der Waals surface area contributed by atoms with E-state index >= 15 is 0 Å². The molecule has 3 aromatic rings. The van der Waals surface area contributed by atoms with Gasteiger partial charge in [0.05, 0.1) is 23.7 Å². The van der Waals surface area contributed by atoms with Gasteiger partial charge in [0, 0.05) is 23.5 Å². The Labute approximate surface area is 181 Å². The molecule has 0 fully saturated rings. The molecule has 1 aliphatic rings. The van der Waals surface area contributed by atoms with Crippen LogP contribution >= 0.6 is 11.8 Å². The number of carbonyl (C=O) groups excluding carboxylic acids is 1.